The van der Waals surface area contributed by atoms with Gasteiger partial charge < -0.3 is 9.47 Å². The summed E-state index contributed by atoms with van der Waals surface area (Å²) in [6.45, 7) is 3.95. The van der Waals surface area contributed by atoms with Crippen molar-refractivity contribution in [1.82, 2.24) is 0 Å². The standard InChI is InChI=1S/C17H18O3/c1-12-4-7-16(8-5-12)20-11-15-10-14(13(2)18)6-9-17(15)19-3/h4-10H,11H2,1-3H3. The molecule has 0 aliphatic rings. The molecule has 0 saturated carbocycles. The Kier molecular flexibility index (Phi) is 4.41. The second-order valence-corrected chi connectivity index (χ2v) is 4.68. The molecule has 0 bridgehead atoms. The number of methoxy groups -OCH3 is 1. The predicted molar refractivity (Wildman–Crippen MR) is 78.5 cm³/mol. The largest absolute Gasteiger partial charge is 0.496 e. The molecule has 0 saturated heterocycles. The first-order chi connectivity index (χ1) is 9.60. The van der Waals surface area contributed by atoms with Crippen LogP contribution < -0.4 is 9.47 Å². The molecule has 0 amide bonds. The summed E-state index contributed by atoms with van der Waals surface area (Å²) < 4.78 is 11.0. The van der Waals surface area contributed by atoms with Gasteiger partial charge in [0.15, 0.2) is 5.78 Å². The highest BCUT2D eigenvalue weighted by Crippen LogP contribution is 2.22. The molecule has 20 heavy (non-hydrogen) atoms. The molecule has 0 unspecified atom stereocenters. The average molecular weight is 270 g/mol. The van der Waals surface area contributed by atoms with Crippen LogP contribution in [0.15, 0.2) is 42.5 Å². The maximum Gasteiger partial charge on any atom is 0.159 e. The fourth-order valence-corrected chi connectivity index (χ4v) is 1.91. The molecule has 0 fully saturated rings. The molecular formula is C17H18O3. The summed E-state index contributed by atoms with van der Waals surface area (Å²) in [5.41, 5.74) is 2.71. The third-order valence-corrected chi connectivity index (χ3v) is 3.10. The van der Waals surface area contributed by atoms with Crippen molar-refractivity contribution in [2.75, 3.05) is 7.11 Å². The molecule has 2 aromatic rings. The van der Waals surface area contributed by atoms with Crippen LogP contribution in [-0.2, 0) is 6.61 Å². The van der Waals surface area contributed by atoms with E-state index < -0.39 is 0 Å². The van der Waals surface area contributed by atoms with E-state index in [2.05, 4.69) is 0 Å². The van der Waals surface area contributed by atoms with Crippen LogP contribution in [0, 0.1) is 6.92 Å². The third kappa shape index (κ3) is 3.38. The van der Waals surface area contributed by atoms with E-state index in [9.17, 15) is 4.79 Å². The molecule has 0 spiro atoms. The monoisotopic (exact) mass is 270 g/mol. The Hall–Kier alpha value is -2.29. The molecule has 2 aromatic carbocycles. The van der Waals surface area contributed by atoms with Crippen LogP contribution in [-0.4, -0.2) is 12.9 Å². The van der Waals surface area contributed by atoms with Gasteiger partial charge in [-0.3, -0.25) is 4.79 Å². The van der Waals surface area contributed by atoms with Crippen molar-refractivity contribution in [3.8, 4) is 11.5 Å². The minimum atomic E-state index is 0.0317. The maximum absolute atomic E-state index is 11.4. The van der Waals surface area contributed by atoms with Gasteiger partial charge in [0, 0.05) is 11.1 Å². The number of ether oxygens (including phenoxy) is 2. The highest BCUT2D eigenvalue weighted by molar-refractivity contribution is 5.94. The minimum absolute atomic E-state index is 0.0317. The fraction of sp³-hybridized carbons (Fsp3) is 0.235. The van der Waals surface area contributed by atoms with E-state index >= 15 is 0 Å². The van der Waals surface area contributed by atoms with E-state index in [1.165, 1.54) is 5.56 Å². The molecule has 0 aliphatic carbocycles. The first-order valence-corrected chi connectivity index (χ1v) is 6.47. The zero-order valence-electron chi connectivity index (χ0n) is 12.0. The maximum atomic E-state index is 11.4. The van der Waals surface area contributed by atoms with Crippen LogP contribution in [0.1, 0.15) is 28.4 Å². The third-order valence-electron chi connectivity index (χ3n) is 3.10. The number of ketones is 1. The number of carbonyl (C=O) groups is 1. The predicted octanol–water partition coefficient (Wildman–Crippen LogP) is 3.79. The van der Waals surface area contributed by atoms with E-state index in [4.69, 9.17) is 9.47 Å². The van der Waals surface area contributed by atoms with Gasteiger partial charge in [0.2, 0.25) is 0 Å². The Morgan fingerprint density at radius 2 is 1.80 bits per heavy atom. The van der Waals surface area contributed by atoms with Crippen LogP contribution in [0.4, 0.5) is 0 Å². The van der Waals surface area contributed by atoms with E-state index in [0.29, 0.717) is 12.2 Å². The lowest BCUT2D eigenvalue weighted by Gasteiger charge is -2.11. The summed E-state index contributed by atoms with van der Waals surface area (Å²) in [6, 6.07) is 13.2. The smallest absolute Gasteiger partial charge is 0.159 e. The zero-order valence-corrected chi connectivity index (χ0v) is 12.0. The minimum Gasteiger partial charge on any atom is -0.496 e. The Balaban J connectivity index is 2.16. The van der Waals surface area contributed by atoms with Gasteiger partial charge in [-0.05, 0) is 44.2 Å². The second-order valence-electron chi connectivity index (χ2n) is 4.68. The molecule has 2 rings (SSSR count). The van der Waals surface area contributed by atoms with Gasteiger partial charge in [-0.2, -0.15) is 0 Å². The Morgan fingerprint density at radius 3 is 2.40 bits per heavy atom. The van der Waals surface area contributed by atoms with Crippen LogP contribution in [0.2, 0.25) is 0 Å². The lowest BCUT2D eigenvalue weighted by molar-refractivity contribution is 0.101. The summed E-state index contributed by atoms with van der Waals surface area (Å²) in [6.07, 6.45) is 0. The number of hydrogen-bond acceptors (Lipinski definition) is 3. The van der Waals surface area contributed by atoms with E-state index in [1.54, 1.807) is 26.2 Å². The van der Waals surface area contributed by atoms with Crippen molar-refractivity contribution in [3.05, 3.63) is 59.2 Å². The van der Waals surface area contributed by atoms with Crippen molar-refractivity contribution in [1.29, 1.82) is 0 Å². The van der Waals surface area contributed by atoms with Gasteiger partial charge in [0.05, 0.1) is 7.11 Å². The van der Waals surface area contributed by atoms with Crippen molar-refractivity contribution >= 4 is 5.78 Å². The van der Waals surface area contributed by atoms with Crippen molar-refractivity contribution in [2.45, 2.75) is 20.5 Å². The first kappa shape index (κ1) is 14.1. The number of carbonyl (C=O) groups excluding carboxylic acids is 1. The average Bonchev–Trinajstić information content (AvgIpc) is 2.46. The summed E-state index contributed by atoms with van der Waals surface area (Å²) >= 11 is 0. The molecule has 0 radical (unpaired) electrons. The van der Waals surface area contributed by atoms with Crippen LogP contribution in [0.25, 0.3) is 0 Å². The topological polar surface area (TPSA) is 35.5 Å². The molecule has 0 aromatic heterocycles. The molecule has 0 heterocycles. The van der Waals surface area contributed by atoms with Gasteiger partial charge >= 0.3 is 0 Å². The highest BCUT2D eigenvalue weighted by Gasteiger charge is 2.08. The van der Waals surface area contributed by atoms with Gasteiger partial charge in [-0.25, -0.2) is 0 Å². The summed E-state index contributed by atoms with van der Waals surface area (Å²) in [4.78, 5) is 11.4. The van der Waals surface area contributed by atoms with Gasteiger partial charge in [0.1, 0.15) is 18.1 Å². The van der Waals surface area contributed by atoms with E-state index in [1.807, 2.05) is 37.3 Å². The Labute approximate surface area is 119 Å². The number of benzene rings is 2. The van der Waals surface area contributed by atoms with Crippen molar-refractivity contribution in [2.24, 2.45) is 0 Å². The number of hydrogen-bond donors (Lipinski definition) is 0. The molecule has 0 N–H and O–H groups in total. The molecular weight excluding hydrogens is 252 g/mol. The molecule has 3 nitrogen and oxygen atoms in total. The quantitative estimate of drug-likeness (QED) is 0.775. The van der Waals surface area contributed by atoms with Gasteiger partial charge in [-0.1, -0.05) is 17.7 Å². The van der Waals surface area contributed by atoms with Crippen molar-refractivity contribution < 1.29 is 14.3 Å². The number of Topliss-reactive ketones (excluding diaryl/α,β-unsaturated/α-hetero) is 1. The molecule has 0 aliphatic heterocycles. The van der Waals surface area contributed by atoms with Crippen LogP contribution in [0.5, 0.6) is 11.5 Å². The first-order valence-electron chi connectivity index (χ1n) is 6.47. The van der Waals surface area contributed by atoms with Crippen LogP contribution in [0.3, 0.4) is 0 Å². The fourth-order valence-electron chi connectivity index (χ4n) is 1.91. The molecule has 0 atom stereocenters. The highest BCUT2D eigenvalue weighted by atomic mass is 16.5. The van der Waals surface area contributed by atoms with Gasteiger partial charge in [0.25, 0.3) is 0 Å². The Bertz CT molecular complexity index is 600. The normalized spacial score (nSPS) is 10.2. The van der Waals surface area contributed by atoms with Crippen LogP contribution >= 0.6 is 0 Å². The van der Waals surface area contributed by atoms with Crippen molar-refractivity contribution in [3.63, 3.8) is 0 Å². The SMILES string of the molecule is COc1ccc(C(C)=O)cc1COc1ccc(C)cc1. The zero-order chi connectivity index (χ0) is 14.5. The summed E-state index contributed by atoms with van der Waals surface area (Å²) in [7, 11) is 1.61. The molecule has 104 valence electrons. The summed E-state index contributed by atoms with van der Waals surface area (Å²) in [5.74, 6) is 1.55. The Morgan fingerprint density at radius 1 is 1.10 bits per heavy atom. The lowest BCUT2D eigenvalue weighted by atomic mass is 10.1. The second kappa shape index (κ2) is 6.24. The lowest BCUT2D eigenvalue weighted by Crippen LogP contribution is -2.01. The van der Waals surface area contributed by atoms with E-state index in [0.717, 1.165) is 17.1 Å². The number of aryl methyl sites for hydroxylation is 1. The summed E-state index contributed by atoms with van der Waals surface area (Å²) in [5, 5.41) is 0. The number of rotatable bonds is 5. The molecule has 3 heteroatoms. The van der Waals surface area contributed by atoms with Gasteiger partial charge in [-0.15, -0.1) is 0 Å². The van der Waals surface area contributed by atoms with E-state index in [-0.39, 0.29) is 5.78 Å².